The highest BCUT2D eigenvalue weighted by Crippen LogP contribution is 2.19. The number of aliphatic carboxylic acids is 1. The monoisotopic (exact) mass is 545 g/mol. The molecule has 0 fully saturated rings. The van der Waals surface area contributed by atoms with E-state index in [4.69, 9.17) is 14.2 Å². The van der Waals surface area contributed by atoms with Crippen LogP contribution < -0.4 is 9.47 Å². The molecule has 3 aromatic rings. The van der Waals surface area contributed by atoms with Crippen LogP contribution in [-0.2, 0) is 22.4 Å². The lowest BCUT2D eigenvalue weighted by molar-refractivity contribution is -0.149. The van der Waals surface area contributed by atoms with Crippen molar-refractivity contribution in [2.45, 2.75) is 32.3 Å². The largest absolute Gasteiger partial charge is 0.492 e. The average molecular weight is 546 g/mol. The third kappa shape index (κ3) is 9.64. The molecule has 7 nitrogen and oxygen atoms in total. The Labute approximate surface area is 224 Å². The van der Waals surface area contributed by atoms with Crippen LogP contribution in [-0.4, -0.2) is 54.5 Å². The van der Waals surface area contributed by atoms with Crippen LogP contribution in [0.2, 0.25) is 0 Å². The van der Waals surface area contributed by atoms with Crippen molar-refractivity contribution < 1.29 is 42.1 Å². The van der Waals surface area contributed by atoms with Gasteiger partial charge in [-0.2, -0.15) is 0 Å². The Balaban J connectivity index is 1.58. The lowest BCUT2D eigenvalue weighted by Crippen LogP contribution is -2.37. The van der Waals surface area contributed by atoms with Gasteiger partial charge in [0.25, 0.3) is 0 Å². The van der Waals surface area contributed by atoms with Crippen molar-refractivity contribution in [3.63, 3.8) is 0 Å². The maximum atomic E-state index is 14.0. The number of ether oxygens (including phenoxy) is 3. The Bertz CT molecular complexity index is 1220. The van der Waals surface area contributed by atoms with Crippen LogP contribution >= 0.6 is 0 Å². The molecule has 0 aromatic heterocycles. The predicted octanol–water partition coefficient (Wildman–Crippen LogP) is 5.65. The highest BCUT2D eigenvalue weighted by atomic mass is 19.1. The number of hydrogen-bond donors (Lipinski definition) is 1. The van der Waals surface area contributed by atoms with Crippen LogP contribution in [0.5, 0.6) is 11.5 Å². The van der Waals surface area contributed by atoms with E-state index in [1.807, 2.05) is 0 Å². The number of carbonyl (C=O) groups is 2. The number of nitrogens with zero attached hydrogens (tertiary/aromatic N) is 1. The van der Waals surface area contributed by atoms with Gasteiger partial charge in [-0.05, 0) is 67.3 Å². The second kappa shape index (κ2) is 14.8. The number of carboxylic acids is 1. The van der Waals surface area contributed by atoms with Gasteiger partial charge in [0.2, 0.25) is 0 Å². The number of carboxylic acid groups (broad SMARTS) is 1. The summed E-state index contributed by atoms with van der Waals surface area (Å²) in [7, 11) is 0. The van der Waals surface area contributed by atoms with E-state index in [0.717, 1.165) is 23.3 Å². The summed E-state index contributed by atoms with van der Waals surface area (Å²) < 4.78 is 56.5. The summed E-state index contributed by atoms with van der Waals surface area (Å²) in [6.07, 6.45) is -0.476. The summed E-state index contributed by atoms with van der Waals surface area (Å²) in [5, 5.41) is 9.25. The number of amides is 1. The van der Waals surface area contributed by atoms with Gasteiger partial charge in [0.1, 0.15) is 24.0 Å². The highest BCUT2D eigenvalue weighted by Gasteiger charge is 2.19. The van der Waals surface area contributed by atoms with Crippen LogP contribution in [0.1, 0.15) is 24.5 Å². The van der Waals surface area contributed by atoms with Gasteiger partial charge in [-0.3, -0.25) is 0 Å². The topological polar surface area (TPSA) is 85.3 Å². The highest BCUT2D eigenvalue weighted by molar-refractivity contribution is 5.72. The first-order valence-corrected chi connectivity index (χ1v) is 12.5. The van der Waals surface area contributed by atoms with Crippen LogP contribution in [0.4, 0.5) is 18.0 Å². The number of halogens is 3. The van der Waals surface area contributed by atoms with Gasteiger partial charge in [0.05, 0.1) is 6.54 Å². The van der Waals surface area contributed by atoms with E-state index in [0.29, 0.717) is 24.7 Å². The maximum absolute atomic E-state index is 14.0. The van der Waals surface area contributed by atoms with Crippen LogP contribution in [0, 0.1) is 17.5 Å². The zero-order valence-corrected chi connectivity index (χ0v) is 21.4. The Morgan fingerprint density at radius 2 is 1.56 bits per heavy atom. The SMILES string of the molecule is CCOC(Cc1ccc(OCCN(CCCc2ccc(F)cc2)C(=O)Oc2ccc(F)cc2F)cc1)C(=O)O. The van der Waals surface area contributed by atoms with Crippen molar-refractivity contribution in [2.75, 3.05) is 26.3 Å². The van der Waals surface area contributed by atoms with E-state index in [1.54, 1.807) is 43.3 Å². The van der Waals surface area contributed by atoms with Crippen molar-refractivity contribution in [2.24, 2.45) is 0 Å². The van der Waals surface area contributed by atoms with Crippen LogP contribution in [0.15, 0.2) is 66.7 Å². The first-order chi connectivity index (χ1) is 18.7. The summed E-state index contributed by atoms with van der Waals surface area (Å²) >= 11 is 0. The van der Waals surface area contributed by atoms with E-state index < -0.39 is 35.6 Å². The summed E-state index contributed by atoms with van der Waals surface area (Å²) in [5.74, 6) is -3.06. The Morgan fingerprint density at radius 1 is 0.897 bits per heavy atom. The molecule has 0 saturated heterocycles. The molecule has 1 unspecified atom stereocenters. The van der Waals surface area contributed by atoms with Gasteiger partial charge in [0.15, 0.2) is 17.7 Å². The molecule has 3 rings (SSSR count). The van der Waals surface area contributed by atoms with Crippen molar-refractivity contribution >= 4 is 12.1 Å². The lowest BCUT2D eigenvalue weighted by atomic mass is 10.1. The number of carbonyl (C=O) groups excluding carboxylic acids is 1. The molecule has 0 bridgehead atoms. The number of aryl methyl sites for hydroxylation is 1. The van der Waals surface area contributed by atoms with Gasteiger partial charge < -0.3 is 24.2 Å². The van der Waals surface area contributed by atoms with Gasteiger partial charge in [-0.15, -0.1) is 0 Å². The molecular formula is C29H30F3NO6. The molecule has 1 atom stereocenters. The van der Waals surface area contributed by atoms with Crippen molar-refractivity contribution in [1.29, 1.82) is 0 Å². The van der Waals surface area contributed by atoms with E-state index in [-0.39, 0.29) is 38.5 Å². The fourth-order valence-corrected chi connectivity index (χ4v) is 3.76. The standard InChI is InChI=1S/C29H30F3NO6/c1-2-37-27(28(34)35)18-21-7-12-24(13-8-21)38-17-16-33(15-3-4-20-5-9-22(30)10-6-20)29(36)39-26-14-11-23(31)19-25(26)32/h5-14,19,27H,2-4,15-18H2,1H3,(H,34,35). The Kier molecular flexibility index (Phi) is 11.2. The molecule has 0 radical (unpaired) electrons. The zero-order valence-electron chi connectivity index (χ0n) is 21.4. The second-order valence-corrected chi connectivity index (χ2v) is 8.64. The van der Waals surface area contributed by atoms with E-state index in [1.165, 1.54) is 17.0 Å². The molecule has 10 heteroatoms. The maximum Gasteiger partial charge on any atom is 0.415 e. The van der Waals surface area contributed by atoms with E-state index in [9.17, 15) is 27.9 Å². The summed E-state index contributed by atoms with van der Waals surface area (Å²) in [4.78, 5) is 25.5. The van der Waals surface area contributed by atoms with Crippen molar-refractivity contribution in [3.05, 3.63) is 95.3 Å². The number of rotatable bonds is 14. The van der Waals surface area contributed by atoms with Crippen molar-refractivity contribution in [3.8, 4) is 11.5 Å². The Hall–Kier alpha value is -4.05. The van der Waals surface area contributed by atoms with Gasteiger partial charge in [0, 0.05) is 25.6 Å². The van der Waals surface area contributed by atoms with Gasteiger partial charge in [-0.25, -0.2) is 22.8 Å². The first-order valence-electron chi connectivity index (χ1n) is 12.5. The molecule has 0 saturated carbocycles. The Morgan fingerprint density at radius 3 is 2.21 bits per heavy atom. The molecule has 208 valence electrons. The third-order valence-corrected chi connectivity index (χ3v) is 5.77. The number of hydrogen-bond acceptors (Lipinski definition) is 5. The lowest BCUT2D eigenvalue weighted by Gasteiger charge is -2.22. The minimum Gasteiger partial charge on any atom is -0.492 e. The van der Waals surface area contributed by atoms with Gasteiger partial charge in [-0.1, -0.05) is 24.3 Å². The number of benzene rings is 3. The fourth-order valence-electron chi connectivity index (χ4n) is 3.76. The summed E-state index contributed by atoms with van der Waals surface area (Å²) in [6.45, 7) is 2.46. The van der Waals surface area contributed by atoms with Crippen LogP contribution in [0.3, 0.4) is 0 Å². The molecular weight excluding hydrogens is 515 g/mol. The minimum atomic E-state index is -1.04. The smallest absolute Gasteiger partial charge is 0.415 e. The minimum absolute atomic E-state index is 0.0909. The normalized spacial score (nSPS) is 11.6. The molecule has 0 aliphatic carbocycles. The van der Waals surface area contributed by atoms with Gasteiger partial charge >= 0.3 is 12.1 Å². The molecule has 1 amide bonds. The second-order valence-electron chi connectivity index (χ2n) is 8.64. The van der Waals surface area contributed by atoms with E-state index in [2.05, 4.69) is 0 Å². The summed E-state index contributed by atoms with van der Waals surface area (Å²) in [6, 6.07) is 15.5. The van der Waals surface area contributed by atoms with Crippen molar-refractivity contribution in [1.82, 2.24) is 4.90 Å². The molecule has 3 aromatic carbocycles. The molecule has 0 aliphatic rings. The first kappa shape index (κ1) is 29.5. The van der Waals surface area contributed by atoms with E-state index >= 15 is 0 Å². The average Bonchev–Trinajstić information content (AvgIpc) is 2.91. The molecule has 0 heterocycles. The van der Waals surface area contributed by atoms with Crippen LogP contribution in [0.25, 0.3) is 0 Å². The third-order valence-electron chi connectivity index (χ3n) is 5.77. The zero-order chi connectivity index (χ0) is 28.2. The molecule has 39 heavy (non-hydrogen) atoms. The predicted molar refractivity (Wildman–Crippen MR) is 137 cm³/mol. The molecule has 1 N–H and O–H groups in total. The molecule has 0 aliphatic heterocycles. The quantitative estimate of drug-likeness (QED) is 0.282. The fraction of sp³-hybridized carbons (Fsp3) is 0.310. The summed E-state index contributed by atoms with van der Waals surface area (Å²) in [5.41, 5.74) is 1.65. The molecule has 0 spiro atoms.